The van der Waals surface area contributed by atoms with Gasteiger partial charge in [0.05, 0.1) is 17.9 Å². The number of hydrogen-bond acceptors (Lipinski definition) is 7. The molecule has 26 heavy (non-hydrogen) atoms. The second-order valence-electron chi connectivity index (χ2n) is 4.99. The van der Waals surface area contributed by atoms with Gasteiger partial charge in [0.15, 0.2) is 5.16 Å². The molecule has 2 rings (SSSR count). The summed E-state index contributed by atoms with van der Waals surface area (Å²) < 4.78 is 10.2. The van der Waals surface area contributed by atoms with Crippen LogP contribution in [0.1, 0.15) is 17.3 Å². The maximum absolute atomic E-state index is 11.9. The molecule has 0 saturated carbocycles. The molecule has 0 fully saturated rings. The van der Waals surface area contributed by atoms with E-state index in [1.807, 2.05) is 6.92 Å². The number of aromatic amines is 1. The smallest absolute Gasteiger partial charge is 0.338 e. The minimum Gasteiger partial charge on any atom is -0.460 e. The highest BCUT2D eigenvalue weighted by molar-refractivity contribution is 7.99. The second-order valence-corrected chi connectivity index (χ2v) is 5.95. The van der Waals surface area contributed by atoms with E-state index in [0.717, 1.165) is 11.8 Å². The van der Waals surface area contributed by atoms with Crippen LogP contribution in [0, 0.1) is 0 Å². The Morgan fingerprint density at radius 1 is 1.19 bits per heavy atom. The van der Waals surface area contributed by atoms with Crippen LogP contribution in [0.3, 0.4) is 0 Å². The highest BCUT2D eigenvalue weighted by Crippen LogP contribution is 2.13. The fourth-order valence-electron chi connectivity index (χ4n) is 1.87. The van der Waals surface area contributed by atoms with Crippen LogP contribution < -0.4 is 10.9 Å². The van der Waals surface area contributed by atoms with Gasteiger partial charge in [0, 0.05) is 24.6 Å². The Balaban J connectivity index is 1.79. The normalized spacial score (nSPS) is 10.3. The molecular weight excluding hydrogens is 358 g/mol. The largest absolute Gasteiger partial charge is 0.460 e. The number of nitrogens with zero attached hydrogens (tertiary/aromatic N) is 1. The number of rotatable bonds is 9. The van der Waals surface area contributed by atoms with E-state index < -0.39 is 5.97 Å². The molecule has 8 nitrogen and oxygen atoms in total. The van der Waals surface area contributed by atoms with E-state index in [4.69, 9.17) is 9.47 Å². The summed E-state index contributed by atoms with van der Waals surface area (Å²) in [6.45, 7) is 2.98. The van der Waals surface area contributed by atoms with Gasteiger partial charge >= 0.3 is 5.97 Å². The van der Waals surface area contributed by atoms with Gasteiger partial charge in [0.25, 0.3) is 5.56 Å². The van der Waals surface area contributed by atoms with Crippen molar-refractivity contribution >= 4 is 29.3 Å². The van der Waals surface area contributed by atoms with E-state index in [1.165, 1.54) is 12.3 Å². The average Bonchev–Trinajstić information content (AvgIpc) is 2.64. The minimum absolute atomic E-state index is 0.0914. The van der Waals surface area contributed by atoms with Gasteiger partial charge in [0.2, 0.25) is 5.91 Å². The third-order valence-corrected chi connectivity index (χ3v) is 3.94. The summed E-state index contributed by atoms with van der Waals surface area (Å²) in [7, 11) is 0. The quantitative estimate of drug-likeness (QED) is 0.296. The monoisotopic (exact) mass is 377 g/mol. The van der Waals surface area contributed by atoms with E-state index in [0.29, 0.717) is 29.6 Å². The predicted octanol–water partition coefficient (Wildman–Crippen LogP) is 1.69. The summed E-state index contributed by atoms with van der Waals surface area (Å²) in [5.74, 6) is -0.612. The summed E-state index contributed by atoms with van der Waals surface area (Å²) in [5.41, 5.74) is 0.669. The first-order valence-electron chi connectivity index (χ1n) is 7.91. The number of hydrogen-bond donors (Lipinski definition) is 2. The summed E-state index contributed by atoms with van der Waals surface area (Å²) in [6, 6.07) is 7.67. The van der Waals surface area contributed by atoms with Gasteiger partial charge in [-0.1, -0.05) is 11.8 Å². The minimum atomic E-state index is -0.447. The standard InChI is InChI=1S/C17H19N3O5S/c1-2-24-9-10-25-16(23)12-3-5-13(6-4-12)19-15(22)11-26-17-18-8-7-14(21)20-17/h3-8H,2,9-11H2,1H3,(H,19,22)(H,18,20,21). The Bertz CT molecular complexity index is 791. The van der Waals surface area contributed by atoms with Crippen molar-refractivity contribution in [2.45, 2.75) is 12.1 Å². The highest BCUT2D eigenvalue weighted by atomic mass is 32.2. The van der Waals surface area contributed by atoms with Crippen LogP contribution in [0.4, 0.5) is 5.69 Å². The van der Waals surface area contributed by atoms with Crippen LogP contribution in [0.15, 0.2) is 46.5 Å². The van der Waals surface area contributed by atoms with Gasteiger partial charge in [-0.2, -0.15) is 0 Å². The van der Waals surface area contributed by atoms with E-state index >= 15 is 0 Å². The van der Waals surface area contributed by atoms with Crippen LogP contribution >= 0.6 is 11.8 Å². The number of nitrogens with one attached hydrogen (secondary N) is 2. The highest BCUT2D eigenvalue weighted by Gasteiger charge is 2.09. The van der Waals surface area contributed by atoms with Crippen molar-refractivity contribution < 1.29 is 19.1 Å². The number of aromatic nitrogens is 2. The van der Waals surface area contributed by atoms with Crippen molar-refractivity contribution in [3.8, 4) is 0 Å². The van der Waals surface area contributed by atoms with E-state index in [9.17, 15) is 14.4 Å². The molecule has 0 bridgehead atoms. The lowest BCUT2D eigenvalue weighted by molar-refractivity contribution is -0.113. The number of amides is 1. The molecule has 1 heterocycles. The Hall–Kier alpha value is -2.65. The van der Waals surface area contributed by atoms with Crippen LogP contribution in [0.5, 0.6) is 0 Å². The predicted molar refractivity (Wildman–Crippen MR) is 97.4 cm³/mol. The molecule has 0 aliphatic heterocycles. The van der Waals surface area contributed by atoms with Gasteiger partial charge in [0.1, 0.15) is 6.61 Å². The van der Waals surface area contributed by atoms with Crippen LogP contribution in [-0.2, 0) is 14.3 Å². The lowest BCUT2D eigenvalue weighted by Crippen LogP contribution is -2.15. The number of thioether (sulfide) groups is 1. The Morgan fingerprint density at radius 3 is 2.65 bits per heavy atom. The zero-order valence-electron chi connectivity index (χ0n) is 14.2. The Labute approximate surface area is 154 Å². The van der Waals surface area contributed by atoms with E-state index in [2.05, 4.69) is 15.3 Å². The number of esters is 1. The van der Waals surface area contributed by atoms with Crippen LogP contribution in [0.2, 0.25) is 0 Å². The lowest BCUT2D eigenvalue weighted by Gasteiger charge is -2.07. The molecule has 0 aliphatic rings. The summed E-state index contributed by atoms with van der Waals surface area (Å²) in [4.78, 5) is 41.4. The number of carbonyl (C=O) groups excluding carboxylic acids is 2. The van der Waals surface area contributed by atoms with Crippen molar-refractivity contribution in [2.75, 3.05) is 30.9 Å². The van der Waals surface area contributed by atoms with Crippen molar-refractivity contribution in [1.29, 1.82) is 0 Å². The third-order valence-electron chi connectivity index (χ3n) is 3.06. The van der Waals surface area contributed by atoms with Crippen molar-refractivity contribution in [3.05, 3.63) is 52.4 Å². The first kappa shape index (κ1) is 19.7. The molecule has 2 N–H and O–H groups in total. The van der Waals surface area contributed by atoms with Crippen LogP contribution in [-0.4, -0.2) is 47.4 Å². The molecule has 0 saturated heterocycles. The molecule has 1 aromatic heterocycles. The van der Waals surface area contributed by atoms with Crippen molar-refractivity contribution in [3.63, 3.8) is 0 Å². The zero-order valence-corrected chi connectivity index (χ0v) is 15.0. The fourth-order valence-corrected chi connectivity index (χ4v) is 2.52. The first-order valence-corrected chi connectivity index (χ1v) is 8.90. The fraction of sp³-hybridized carbons (Fsp3) is 0.294. The van der Waals surface area contributed by atoms with Gasteiger partial charge in [-0.15, -0.1) is 0 Å². The first-order chi connectivity index (χ1) is 12.6. The number of ether oxygens (including phenoxy) is 2. The van der Waals surface area contributed by atoms with Gasteiger partial charge < -0.3 is 19.8 Å². The second kappa shape index (κ2) is 10.4. The van der Waals surface area contributed by atoms with Gasteiger partial charge in [-0.3, -0.25) is 9.59 Å². The summed E-state index contributed by atoms with van der Waals surface area (Å²) >= 11 is 1.12. The third kappa shape index (κ3) is 6.69. The Kier molecular flexibility index (Phi) is 7.84. The number of anilines is 1. The summed E-state index contributed by atoms with van der Waals surface area (Å²) in [6.07, 6.45) is 1.38. The molecule has 0 aliphatic carbocycles. The molecule has 1 aromatic carbocycles. The maximum atomic E-state index is 11.9. The van der Waals surface area contributed by atoms with Gasteiger partial charge in [-0.05, 0) is 31.2 Å². The average molecular weight is 377 g/mol. The molecule has 0 spiro atoms. The number of carbonyl (C=O) groups is 2. The number of H-pyrrole nitrogens is 1. The molecule has 0 unspecified atom stereocenters. The van der Waals surface area contributed by atoms with E-state index in [1.54, 1.807) is 24.3 Å². The summed E-state index contributed by atoms with van der Waals surface area (Å²) in [5, 5.41) is 3.07. The topological polar surface area (TPSA) is 110 Å². The van der Waals surface area contributed by atoms with Crippen molar-refractivity contribution in [1.82, 2.24) is 9.97 Å². The maximum Gasteiger partial charge on any atom is 0.338 e. The van der Waals surface area contributed by atoms with E-state index in [-0.39, 0.29) is 23.8 Å². The molecule has 138 valence electrons. The molecule has 1 amide bonds. The molecule has 9 heteroatoms. The lowest BCUT2D eigenvalue weighted by atomic mass is 10.2. The molecule has 0 atom stereocenters. The van der Waals surface area contributed by atoms with Crippen molar-refractivity contribution in [2.24, 2.45) is 0 Å². The molecular formula is C17H19N3O5S. The van der Waals surface area contributed by atoms with Gasteiger partial charge in [-0.25, -0.2) is 9.78 Å². The molecule has 2 aromatic rings. The number of benzene rings is 1. The SMILES string of the molecule is CCOCCOC(=O)c1ccc(NC(=O)CSc2nccc(=O)[nH]2)cc1. The molecule has 0 radical (unpaired) electrons. The zero-order chi connectivity index (χ0) is 18.8. The Morgan fingerprint density at radius 2 is 1.96 bits per heavy atom. The van der Waals surface area contributed by atoms with Crippen LogP contribution in [0.25, 0.3) is 0 Å².